The van der Waals surface area contributed by atoms with E-state index in [4.69, 9.17) is 0 Å². The number of carbonyl (C=O) groups is 2. The first-order valence-corrected chi connectivity index (χ1v) is 7.85. The predicted octanol–water partition coefficient (Wildman–Crippen LogP) is 0.818. The number of hydrogen-bond donors (Lipinski definition) is 1. The fraction of sp³-hybridized carbons (Fsp3) is 0.529. The molecule has 120 valence electrons. The molecule has 0 spiro atoms. The Bertz CT molecular complexity index is 524. The molecule has 1 heterocycles. The van der Waals surface area contributed by atoms with E-state index in [1.165, 1.54) is 11.1 Å². The minimum atomic E-state index is 0.0201. The zero-order chi connectivity index (χ0) is 15.9. The van der Waals surface area contributed by atoms with Crippen molar-refractivity contribution in [2.24, 2.45) is 0 Å². The van der Waals surface area contributed by atoms with Crippen LogP contribution in [-0.4, -0.2) is 61.4 Å². The fourth-order valence-corrected chi connectivity index (χ4v) is 2.63. The molecule has 0 atom stereocenters. The molecule has 1 saturated heterocycles. The molecule has 0 aromatic heterocycles. The van der Waals surface area contributed by atoms with Gasteiger partial charge >= 0.3 is 0 Å². The van der Waals surface area contributed by atoms with Crippen LogP contribution < -0.4 is 5.32 Å². The lowest BCUT2D eigenvalue weighted by Gasteiger charge is -2.29. The van der Waals surface area contributed by atoms with E-state index in [2.05, 4.69) is 24.4 Å². The van der Waals surface area contributed by atoms with Crippen molar-refractivity contribution in [1.29, 1.82) is 0 Å². The van der Waals surface area contributed by atoms with Crippen LogP contribution in [0.5, 0.6) is 0 Å². The van der Waals surface area contributed by atoms with Gasteiger partial charge in [-0.2, -0.15) is 0 Å². The molecule has 1 N–H and O–H groups in total. The van der Waals surface area contributed by atoms with Gasteiger partial charge in [0.2, 0.25) is 11.8 Å². The van der Waals surface area contributed by atoms with E-state index < -0.39 is 0 Å². The highest BCUT2D eigenvalue weighted by Crippen LogP contribution is 2.10. The second kappa shape index (κ2) is 7.94. The Morgan fingerprint density at radius 2 is 1.91 bits per heavy atom. The zero-order valence-corrected chi connectivity index (χ0v) is 13.5. The summed E-state index contributed by atoms with van der Waals surface area (Å²) in [6, 6.07) is 8.09. The molecule has 0 aliphatic carbocycles. The van der Waals surface area contributed by atoms with Crippen molar-refractivity contribution in [3.05, 3.63) is 35.4 Å². The first-order chi connectivity index (χ1) is 10.6. The number of carbonyl (C=O) groups excluding carboxylic acids is 2. The molecule has 1 aromatic carbocycles. The van der Waals surface area contributed by atoms with Crippen LogP contribution in [0, 0.1) is 6.92 Å². The number of nitrogens with one attached hydrogen (secondary N) is 1. The van der Waals surface area contributed by atoms with Gasteiger partial charge < -0.3 is 15.1 Å². The van der Waals surface area contributed by atoms with Gasteiger partial charge in [-0.15, -0.1) is 0 Å². The Kier molecular flexibility index (Phi) is 5.95. The Balaban J connectivity index is 1.79. The molecule has 0 unspecified atom stereocenters. The smallest absolute Gasteiger partial charge is 0.242 e. The SMILES string of the molecule is Cc1ccccc1CCC(=O)N(C)CC(=O)N1CCNCC1. The third-order valence-corrected chi connectivity index (χ3v) is 4.14. The molecule has 0 bridgehead atoms. The van der Waals surface area contributed by atoms with Gasteiger partial charge in [-0.3, -0.25) is 9.59 Å². The maximum absolute atomic E-state index is 12.2. The summed E-state index contributed by atoms with van der Waals surface area (Å²) in [4.78, 5) is 27.7. The topological polar surface area (TPSA) is 52.7 Å². The van der Waals surface area contributed by atoms with Crippen molar-refractivity contribution >= 4 is 11.8 Å². The summed E-state index contributed by atoms with van der Waals surface area (Å²) in [6.07, 6.45) is 1.16. The van der Waals surface area contributed by atoms with E-state index in [1.54, 1.807) is 11.9 Å². The predicted molar refractivity (Wildman–Crippen MR) is 86.6 cm³/mol. The summed E-state index contributed by atoms with van der Waals surface area (Å²) in [5.74, 6) is 0.0555. The van der Waals surface area contributed by atoms with E-state index in [-0.39, 0.29) is 18.4 Å². The molecule has 5 nitrogen and oxygen atoms in total. The summed E-state index contributed by atoms with van der Waals surface area (Å²) in [6.45, 7) is 5.34. The van der Waals surface area contributed by atoms with Gasteiger partial charge in [0, 0.05) is 39.6 Å². The lowest BCUT2D eigenvalue weighted by Crippen LogP contribution is -2.49. The highest BCUT2D eigenvalue weighted by Gasteiger charge is 2.19. The van der Waals surface area contributed by atoms with Crippen LogP contribution in [0.15, 0.2) is 24.3 Å². The molecule has 1 fully saturated rings. The van der Waals surface area contributed by atoms with Crippen molar-refractivity contribution in [3.63, 3.8) is 0 Å². The van der Waals surface area contributed by atoms with Crippen LogP contribution in [0.4, 0.5) is 0 Å². The van der Waals surface area contributed by atoms with E-state index in [9.17, 15) is 9.59 Å². The quantitative estimate of drug-likeness (QED) is 0.876. The van der Waals surface area contributed by atoms with Gasteiger partial charge in [-0.05, 0) is 24.5 Å². The van der Waals surface area contributed by atoms with Crippen molar-refractivity contribution in [2.75, 3.05) is 39.8 Å². The standard InChI is InChI=1S/C17H25N3O2/c1-14-5-3-4-6-15(14)7-8-16(21)19(2)13-17(22)20-11-9-18-10-12-20/h3-6,18H,7-13H2,1-2H3. The first kappa shape index (κ1) is 16.5. The number of hydrogen-bond acceptors (Lipinski definition) is 3. The lowest BCUT2D eigenvalue weighted by atomic mass is 10.0. The zero-order valence-electron chi connectivity index (χ0n) is 13.5. The number of aryl methyl sites for hydroxylation is 2. The molecule has 0 radical (unpaired) electrons. The largest absolute Gasteiger partial charge is 0.339 e. The second-order valence-electron chi connectivity index (χ2n) is 5.81. The molecule has 2 rings (SSSR count). The highest BCUT2D eigenvalue weighted by molar-refractivity contribution is 5.84. The third-order valence-electron chi connectivity index (χ3n) is 4.14. The second-order valence-corrected chi connectivity index (χ2v) is 5.81. The van der Waals surface area contributed by atoms with E-state index in [1.807, 2.05) is 17.0 Å². The van der Waals surface area contributed by atoms with Crippen LogP contribution in [-0.2, 0) is 16.0 Å². The molecule has 1 aromatic rings. The molecule has 1 aliphatic rings. The van der Waals surface area contributed by atoms with Crippen molar-refractivity contribution < 1.29 is 9.59 Å². The normalized spacial score (nSPS) is 14.7. The first-order valence-electron chi connectivity index (χ1n) is 7.85. The Morgan fingerprint density at radius 1 is 1.23 bits per heavy atom. The van der Waals surface area contributed by atoms with Gasteiger partial charge in [0.05, 0.1) is 6.54 Å². The van der Waals surface area contributed by atoms with Gasteiger partial charge in [0.25, 0.3) is 0 Å². The van der Waals surface area contributed by atoms with Crippen molar-refractivity contribution in [1.82, 2.24) is 15.1 Å². The van der Waals surface area contributed by atoms with Gasteiger partial charge in [0.1, 0.15) is 0 Å². The van der Waals surface area contributed by atoms with Gasteiger partial charge in [-0.25, -0.2) is 0 Å². The minimum Gasteiger partial charge on any atom is -0.339 e. The average Bonchev–Trinajstić information content (AvgIpc) is 2.54. The summed E-state index contributed by atoms with van der Waals surface area (Å²) in [5.41, 5.74) is 2.40. The summed E-state index contributed by atoms with van der Waals surface area (Å²) < 4.78 is 0. The van der Waals surface area contributed by atoms with E-state index >= 15 is 0 Å². The number of piperazine rings is 1. The van der Waals surface area contributed by atoms with Crippen molar-refractivity contribution in [3.8, 4) is 0 Å². The number of amides is 2. The van der Waals surface area contributed by atoms with Crippen LogP contribution in [0.25, 0.3) is 0 Å². The number of nitrogens with zero attached hydrogens (tertiary/aromatic N) is 2. The van der Waals surface area contributed by atoms with Crippen LogP contribution in [0.3, 0.4) is 0 Å². The number of likely N-dealkylation sites (N-methyl/N-ethyl adjacent to an activating group) is 1. The molecular formula is C17H25N3O2. The Hall–Kier alpha value is -1.88. The maximum atomic E-state index is 12.2. The van der Waals surface area contributed by atoms with Gasteiger partial charge in [-0.1, -0.05) is 24.3 Å². The minimum absolute atomic E-state index is 0.0201. The lowest BCUT2D eigenvalue weighted by molar-refractivity contribution is -0.139. The summed E-state index contributed by atoms with van der Waals surface area (Å²) in [7, 11) is 1.71. The fourth-order valence-electron chi connectivity index (χ4n) is 2.63. The molecule has 2 amide bonds. The highest BCUT2D eigenvalue weighted by atomic mass is 16.2. The Morgan fingerprint density at radius 3 is 2.59 bits per heavy atom. The Labute approximate surface area is 132 Å². The third kappa shape index (κ3) is 4.56. The molecule has 1 aliphatic heterocycles. The molecule has 5 heteroatoms. The van der Waals surface area contributed by atoms with Crippen LogP contribution in [0.2, 0.25) is 0 Å². The average molecular weight is 303 g/mol. The number of rotatable bonds is 5. The molecule has 0 saturated carbocycles. The van der Waals surface area contributed by atoms with Crippen LogP contribution in [0.1, 0.15) is 17.5 Å². The van der Waals surface area contributed by atoms with Crippen LogP contribution >= 0.6 is 0 Å². The molecular weight excluding hydrogens is 278 g/mol. The summed E-state index contributed by atoms with van der Waals surface area (Å²) >= 11 is 0. The summed E-state index contributed by atoms with van der Waals surface area (Å²) in [5, 5.41) is 3.21. The monoisotopic (exact) mass is 303 g/mol. The van der Waals surface area contributed by atoms with E-state index in [0.717, 1.165) is 32.6 Å². The maximum Gasteiger partial charge on any atom is 0.242 e. The van der Waals surface area contributed by atoms with E-state index in [0.29, 0.717) is 6.42 Å². The van der Waals surface area contributed by atoms with Gasteiger partial charge in [0.15, 0.2) is 0 Å². The number of benzene rings is 1. The van der Waals surface area contributed by atoms with Crippen molar-refractivity contribution in [2.45, 2.75) is 19.8 Å². The molecule has 22 heavy (non-hydrogen) atoms.